The van der Waals surface area contributed by atoms with Crippen molar-refractivity contribution in [2.24, 2.45) is 11.1 Å². The van der Waals surface area contributed by atoms with Crippen molar-refractivity contribution in [3.63, 3.8) is 0 Å². The van der Waals surface area contributed by atoms with E-state index < -0.39 is 6.04 Å². The van der Waals surface area contributed by atoms with Gasteiger partial charge >= 0.3 is 0 Å². The summed E-state index contributed by atoms with van der Waals surface area (Å²) in [6, 6.07) is 7.55. The Kier molecular flexibility index (Phi) is 4.63. The molecule has 0 fully saturated rings. The van der Waals surface area contributed by atoms with E-state index in [9.17, 15) is 4.79 Å². The van der Waals surface area contributed by atoms with Crippen LogP contribution < -0.4 is 11.1 Å². The molecule has 21 heavy (non-hydrogen) atoms. The topological polar surface area (TPSA) is 72.9 Å². The smallest absolute Gasteiger partial charge is 0.237 e. The van der Waals surface area contributed by atoms with Crippen LogP contribution in [0.5, 0.6) is 0 Å². The Balaban J connectivity index is 1.81. The lowest BCUT2D eigenvalue weighted by Gasteiger charge is -2.25. The highest BCUT2D eigenvalue weighted by atomic mass is 16.2. The number of nitrogens with zero attached hydrogens (tertiary/aromatic N) is 2. The first-order valence-corrected chi connectivity index (χ1v) is 7.33. The maximum atomic E-state index is 11.9. The van der Waals surface area contributed by atoms with Gasteiger partial charge in [-0.15, -0.1) is 0 Å². The third-order valence-corrected chi connectivity index (χ3v) is 3.62. The van der Waals surface area contributed by atoms with E-state index in [0.29, 0.717) is 6.54 Å². The van der Waals surface area contributed by atoms with E-state index in [1.54, 1.807) is 0 Å². The zero-order valence-corrected chi connectivity index (χ0v) is 13.0. The largest absolute Gasteiger partial charge is 0.355 e. The fraction of sp³-hybridized carbons (Fsp3) is 0.500. The average Bonchev–Trinajstić information content (AvgIpc) is 2.85. The van der Waals surface area contributed by atoms with Crippen molar-refractivity contribution >= 4 is 16.9 Å². The third-order valence-electron chi connectivity index (χ3n) is 3.62. The van der Waals surface area contributed by atoms with Crippen LogP contribution in [0.1, 0.15) is 27.2 Å². The second kappa shape index (κ2) is 6.26. The number of hydrogen-bond acceptors (Lipinski definition) is 3. The Morgan fingerprint density at radius 1 is 1.38 bits per heavy atom. The van der Waals surface area contributed by atoms with E-state index in [0.717, 1.165) is 24.0 Å². The van der Waals surface area contributed by atoms with Gasteiger partial charge < -0.3 is 15.6 Å². The molecule has 1 heterocycles. The molecule has 1 aromatic carbocycles. The summed E-state index contributed by atoms with van der Waals surface area (Å²) in [5.74, 6) is -0.0852. The van der Waals surface area contributed by atoms with Gasteiger partial charge in [-0.05, 0) is 24.0 Å². The predicted molar refractivity (Wildman–Crippen MR) is 84.8 cm³/mol. The Bertz CT molecular complexity index is 612. The van der Waals surface area contributed by atoms with Gasteiger partial charge in [0.15, 0.2) is 0 Å². The Hall–Kier alpha value is -1.88. The second-order valence-electron chi connectivity index (χ2n) is 6.41. The van der Waals surface area contributed by atoms with Gasteiger partial charge in [-0.1, -0.05) is 32.9 Å². The molecular weight excluding hydrogens is 264 g/mol. The summed E-state index contributed by atoms with van der Waals surface area (Å²) in [7, 11) is 0. The number of carbonyl (C=O) groups excluding carboxylic acids is 1. The number of nitrogens with one attached hydrogen (secondary N) is 1. The molecule has 1 atom stereocenters. The molecule has 0 unspecified atom stereocenters. The molecule has 0 spiro atoms. The zero-order valence-electron chi connectivity index (χ0n) is 13.0. The molecule has 2 aromatic rings. The minimum absolute atomic E-state index is 0.0852. The third kappa shape index (κ3) is 3.82. The molecule has 0 aliphatic carbocycles. The van der Waals surface area contributed by atoms with Gasteiger partial charge in [0, 0.05) is 13.1 Å². The van der Waals surface area contributed by atoms with Crippen molar-refractivity contribution in [2.75, 3.05) is 6.54 Å². The number of nitrogens with two attached hydrogens (primary N) is 1. The van der Waals surface area contributed by atoms with Crippen LogP contribution in [0.15, 0.2) is 30.6 Å². The number of aromatic nitrogens is 2. The lowest BCUT2D eigenvalue weighted by atomic mass is 9.87. The minimum atomic E-state index is -0.480. The number of benzene rings is 1. The van der Waals surface area contributed by atoms with Gasteiger partial charge in [0.25, 0.3) is 0 Å². The van der Waals surface area contributed by atoms with Crippen LogP contribution in [0.25, 0.3) is 11.0 Å². The summed E-state index contributed by atoms with van der Waals surface area (Å²) in [5, 5.41) is 2.90. The number of hydrogen-bond donors (Lipinski definition) is 2. The molecule has 1 amide bonds. The molecule has 5 heteroatoms. The second-order valence-corrected chi connectivity index (χ2v) is 6.41. The number of amides is 1. The van der Waals surface area contributed by atoms with Crippen LogP contribution in [-0.4, -0.2) is 28.0 Å². The van der Waals surface area contributed by atoms with Gasteiger partial charge in [-0.3, -0.25) is 4.79 Å². The van der Waals surface area contributed by atoms with E-state index >= 15 is 0 Å². The van der Waals surface area contributed by atoms with Gasteiger partial charge in [0.1, 0.15) is 0 Å². The van der Waals surface area contributed by atoms with Gasteiger partial charge in [0.2, 0.25) is 5.91 Å². The fourth-order valence-electron chi connectivity index (χ4n) is 2.15. The maximum absolute atomic E-state index is 11.9. The lowest BCUT2D eigenvalue weighted by molar-refractivity contribution is -0.124. The first-order chi connectivity index (χ1) is 9.89. The van der Waals surface area contributed by atoms with Crippen LogP contribution in [-0.2, 0) is 11.3 Å². The lowest BCUT2D eigenvalue weighted by Crippen LogP contribution is -2.48. The number of imidazole rings is 1. The summed E-state index contributed by atoms with van der Waals surface area (Å²) in [6.07, 6.45) is 2.69. The van der Waals surface area contributed by atoms with Crippen molar-refractivity contribution in [2.45, 2.75) is 39.8 Å². The summed E-state index contributed by atoms with van der Waals surface area (Å²) in [4.78, 5) is 16.3. The molecule has 0 saturated carbocycles. The number of carbonyl (C=O) groups is 1. The molecule has 1 aromatic heterocycles. The molecule has 2 rings (SSSR count). The maximum Gasteiger partial charge on any atom is 0.237 e. The van der Waals surface area contributed by atoms with Crippen molar-refractivity contribution in [1.82, 2.24) is 14.9 Å². The number of fused-ring (bicyclic) bond motifs is 1. The van der Waals surface area contributed by atoms with Gasteiger partial charge in [-0.2, -0.15) is 0 Å². The Morgan fingerprint density at radius 3 is 2.81 bits per heavy atom. The van der Waals surface area contributed by atoms with Crippen LogP contribution in [0, 0.1) is 5.41 Å². The quantitative estimate of drug-likeness (QED) is 0.826. The first kappa shape index (κ1) is 15.5. The summed E-state index contributed by atoms with van der Waals surface area (Å²) >= 11 is 0. The van der Waals surface area contributed by atoms with Gasteiger partial charge in [0.05, 0.1) is 23.4 Å². The van der Waals surface area contributed by atoms with E-state index in [4.69, 9.17) is 5.73 Å². The molecule has 0 aliphatic heterocycles. The Labute approximate surface area is 125 Å². The van der Waals surface area contributed by atoms with E-state index in [-0.39, 0.29) is 11.3 Å². The number of rotatable bonds is 5. The predicted octanol–water partition coefficient (Wildman–Crippen LogP) is 1.92. The molecule has 5 nitrogen and oxygen atoms in total. The molecule has 3 N–H and O–H groups in total. The van der Waals surface area contributed by atoms with Crippen LogP contribution in [0.4, 0.5) is 0 Å². The number of aryl methyl sites for hydroxylation is 1. The van der Waals surface area contributed by atoms with E-state index in [1.807, 2.05) is 45.3 Å². The first-order valence-electron chi connectivity index (χ1n) is 7.33. The van der Waals surface area contributed by atoms with Gasteiger partial charge in [-0.25, -0.2) is 4.98 Å². The highest BCUT2D eigenvalue weighted by Crippen LogP contribution is 2.17. The van der Waals surface area contributed by atoms with Crippen LogP contribution in [0.2, 0.25) is 0 Å². The monoisotopic (exact) mass is 288 g/mol. The standard InChI is InChI=1S/C16H24N4O/c1-16(2,3)14(17)15(21)18-9-6-10-20-11-19-12-7-4-5-8-13(12)20/h4-5,7-8,11,14H,6,9-10,17H2,1-3H3,(H,18,21)/t14-/m1/s1. The van der Waals surface area contributed by atoms with Crippen molar-refractivity contribution in [3.8, 4) is 0 Å². The van der Waals surface area contributed by atoms with Crippen LogP contribution in [0.3, 0.4) is 0 Å². The summed E-state index contributed by atoms with van der Waals surface area (Å²) in [5.41, 5.74) is 7.82. The molecule has 0 bridgehead atoms. The molecule has 0 aliphatic rings. The molecule has 0 saturated heterocycles. The van der Waals surface area contributed by atoms with Crippen molar-refractivity contribution in [1.29, 1.82) is 0 Å². The van der Waals surface area contributed by atoms with Crippen LogP contribution >= 0.6 is 0 Å². The highest BCUT2D eigenvalue weighted by Gasteiger charge is 2.26. The van der Waals surface area contributed by atoms with Crippen molar-refractivity contribution in [3.05, 3.63) is 30.6 Å². The SMILES string of the molecule is CC(C)(C)[C@H](N)C(=O)NCCCn1cnc2ccccc21. The summed E-state index contributed by atoms with van der Waals surface area (Å²) in [6.45, 7) is 7.35. The highest BCUT2D eigenvalue weighted by molar-refractivity contribution is 5.82. The average molecular weight is 288 g/mol. The normalized spacial score (nSPS) is 13.3. The number of para-hydroxylation sites is 2. The molecule has 0 radical (unpaired) electrons. The zero-order chi connectivity index (χ0) is 15.5. The molecule has 114 valence electrons. The Morgan fingerprint density at radius 2 is 2.10 bits per heavy atom. The van der Waals surface area contributed by atoms with Crippen molar-refractivity contribution < 1.29 is 4.79 Å². The van der Waals surface area contributed by atoms with E-state index in [2.05, 4.69) is 20.9 Å². The molecular formula is C16H24N4O. The van der Waals surface area contributed by atoms with E-state index in [1.165, 1.54) is 0 Å². The fourth-order valence-corrected chi connectivity index (χ4v) is 2.15. The minimum Gasteiger partial charge on any atom is -0.355 e. The summed E-state index contributed by atoms with van der Waals surface area (Å²) < 4.78 is 2.10.